The molecule has 0 fully saturated rings. The standard InChI is InChI=1S/C6H4N4O4/c11-4-1-5(12)9-6(8-4)3(2-7-9)10(13)14/h2H,1H2,(H,8,11). The van der Waals surface area contributed by atoms with E-state index >= 15 is 0 Å². The highest BCUT2D eigenvalue weighted by molar-refractivity contribution is 6.09. The molecule has 1 aliphatic rings. The van der Waals surface area contributed by atoms with Gasteiger partial charge in [0.25, 0.3) is 5.91 Å². The van der Waals surface area contributed by atoms with Crippen molar-refractivity contribution in [3.8, 4) is 0 Å². The van der Waals surface area contributed by atoms with Crippen LogP contribution in [0.3, 0.4) is 0 Å². The predicted octanol–water partition coefficient (Wildman–Crippen LogP) is -0.226. The third-order valence-corrected chi connectivity index (χ3v) is 1.75. The summed E-state index contributed by atoms with van der Waals surface area (Å²) in [6.07, 6.45) is 0.588. The van der Waals surface area contributed by atoms with E-state index in [0.29, 0.717) is 0 Å². The van der Waals surface area contributed by atoms with Gasteiger partial charge in [-0.1, -0.05) is 0 Å². The molecule has 1 aromatic heterocycles. The van der Waals surface area contributed by atoms with Crippen LogP contribution in [0.5, 0.6) is 0 Å². The zero-order chi connectivity index (χ0) is 10.3. The Morgan fingerprint density at radius 3 is 2.93 bits per heavy atom. The van der Waals surface area contributed by atoms with Crippen LogP contribution in [0.1, 0.15) is 11.2 Å². The topological polar surface area (TPSA) is 107 Å². The van der Waals surface area contributed by atoms with Crippen LogP contribution in [-0.2, 0) is 4.79 Å². The Balaban J connectivity index is 2.57. The van der Waals surface area contributed by atoms with Crippen LogP contribution in [-0.4, -0.2) is 26.5 Å². The minimum atomic E-state index is -0.711. The minimum Gasteiger partial charge on any atom is -0.304 e. The monoisotopic (exact) mass is 196 g/mol. The summed E-state index contributed by atoms with van der Waals surface area (Å²) in [5.41, 5.74) is -0.383. The van der Waals surface area contributed by atoms with Gasteiger partial charge in [0.05, 0.1) is 4.92 Å². The maximum atomic E-state index is 11.1. The Bertz CT molecular complexity index is 435. The largest absolute Gasteiger partial charge is 0.331 e. The Labute approximate surface area is 76.7 Å². The lowest BCUT2D eigenvalue weighted by Gasteiger charge is -2.11. The van der Waals surface area contributed by atoms with Gasteiger partial charge >= 0.3 is 5.69 Å². The molecule has 0 saturated heterocycles. The van der Waals surface area contributed by atoms with Crippen molar-refractivity contribution in [3.63, 3.8) is 0 Å². The molecule has 1 aromatic rings. The first-order chi connectivity index (χ1) is 6.59. The smallest absolute Gasteiger partial charge is 0.304 e. The van der Waals surface area contributed by atoms with E-state index in [1.54, 1.807) is 0 Å². The molecule has 0 radical (unpaired) electrons. The van der Waals surface area contributed by atoms with Gasteiger partial charge in [-0.2, -0.15) is 9.78 Å². The van der Waals surface area contributed by atoms with E-state index in [1.807, 2.05) is 0 Å². The van der Waals surface area contributed by atoms with Crippen molar-refractivity contribution >= 4 is 23.3 Å². The van der Waals surface area contributed by atoms with E-state index in [4.69, 9.17) is 0 Å². The first-order valence-electron chi connectivity index (χ1n) is 3.65. The molecule has 0 unspecified atom stereocenters. The Kier molecular flexibility index (Phi) is 1.56. The Hall–Kier alpha value is -2.25. The average molecular weight is 196 g/mol. The normalized spacial score (nSPS) is 14.9. The summed E-state index contributed by atoms with van der Waals surface area (Å²) in [6, 6.07) is 0. The first-order valence-corrected chi connectivity index (χ1v) is 3.65. The Morgan fingerprint density at radius 1 is 1.57 bits per heavy atom. The lowest BCUT2D eigenvalue weighted by molar-refractivity contribution is -0.384. The van der Waals surface area contributed by atoms with E-state index in [0.717, 1.165) is 10.9 Å². The quantitative estimate of drug-likeness (QED) is 0.379. The van der Waals surface area contributed by atoms with Crippen LogP contribution in [0.2, 0.25) is 0 Å². The molecule has 0 bridgehead atoms. The summed E-state index contributed by atoms with van der Waals surface area (Å²) in [4.78, 5) is 31.8. The van der Waals surface area contributed by atoms with Gasteiger partial charge < -0.3 is 5.32 Å². The molecular weight excluding hydrogens is 192 g/mol. The van der Waals surface area contributed by atoms with Crippen molar-refractivity contribution in [3.05, 3.63) is 16.3 Å². The van der Waals surface area contributed by atoms with E-state index in [9.17, 15) is 19.7 Å². The number of carbonyl (C=O) groups excluding carboxylic acids is 2. The van der Waals surface area contributed by atoms with E-state index in [2.05, 4.69) is 10.4 Å². The zero-order valence-electron chi connectivity index (χ0n) is 6.76. The van der Waals surface area contributed by atoms with Gasteiger partial charge in [-0.05, 0) is 0 Å². The fourth-order valence-corrected chi connectivity index (χ4v) is 1.17. The molecule has 0 atom stereocenters. The number of amides is 1. The molecule has 2 rings (SSSR count). The molecule has 1 N–H and O–H groups in total. The SMILES string of the molecule is O=C1CC(=O)n2ncc([N+](=O)[O-])c2N1. The van der Waals surface area contributed by atoms with Gasteiger partial charge in [-0.15, -0.1) is 0 Å². The average Bonchev–Trinajstić information content (AvgIpc) is 2.47. The third-order valence-electron chi connectivity index (χ3n) is 1.75. The highest BCUT2D eigenvalue weighted by atomic mass is 16.6. The van der Waals surface area contributed by atoms with Crippen molar-refractivity contribution in [1.82, 2.24) is 9.78 Å². The molecule has 0 aliphatic carbocycles. The van der Waals surface area contributed by atoms with Crippen molar-refractivity contribution in [2.45, 2.75) is 6.42 Å². The van der Waals surface area contributed by atoms with Crippen molar-refractivity contribution < 1.29 is 14.5 Å². The Morgan fingerprint density at radius 2 is 2.29 bits per heavy atom. The predicted molar refractivity (Wildman–Crippen MR) is 42.8 cm³/mol. The number of hydrogen-bond donors (Lipinski definition) is 1. The zero-order valence-corrected chi connectivity index (χ0v) is 6.76. The summed E-state index contributed by atoms with van der Waals surface area (Å²) >= 11 is 0. The second kappa shape index (κ2) is 2.62. The summed E-state index contributed by atoms with van der Waals surface area (Å²) in [7, 11) is 0. The second-order valence-electron chi connectivity index (χ2n) is 2.67. The van der Waals surface area contributed by atoms with Crippen LogP contribution in [0, 0.1) is 10.1 Å². The fraction of sp³-hybridized carbons (Fsp3) is 0.167. The number of rotatable bonds is 1. The number of nitrogens with one attached hydrogen (secondary N) is 1. The molecular formula is C6H4N4O4. The van der Waals surface area contributed by atoms with Crippen molar-refractivity contribution in [2.24, 2.45) is 0 Å². The van der Waals surface area contributed by atoms with Crippen LogP contribution >= 0.6 is 0 Å². The van der Waals surface area contributed by atoms with Gasteiger partial charge in [-0.3, -0.25) is 19.7 Å². The molecule has 8 nitrogen and oxygen atoms in total. The molecule has 1 aliphatic heterocycles. The van der Waals surface area contributed by atoms with Gasteiger partial charge in [0, 0.05) is 0 Å². The van der Waals surface area contributed by atoms with Gasteiger partial charge in [0.2, 0.25) is 11.7 Å². The summed E-state index contributed by atoms with van der Waals surface area (Å²) < 4.78 is 0.819. The molecule has 14 heavy (non-hydrogen) atoms. The maximum Gasteiger partial charge on any atom is 0.331 e. The van der Waals surface area contributed by atoms with Gasteiger partial charge in [0.1, 0.15) is 12.6 Å². The summed E-state index contributed by atoms with van der Waals surface area (Å²) in [6.45, 7) is 0. The minimum absolute atomic E-state index is 0.170. The van der Waals surface area contributed by atoms with Crippen LogP contribution in [0.25, 0.3) is 0 Å². The fourth-order valence-electron chi connectivity index (χ4n) is 1.17. The maximum absolute atomic E-state index is 11.1. The van der Waals surface area contributed by atoms with E-state index < -0.39 is 16.7 Å². The van der Waals surface area contributed by atoms with E-state index in [-0.39, 0.29) is 17.9 Å². The number of nitro groups is 1. The number of fused-ring (bicyclic) bond motifs is 1. The second-order valence-corrected chi connectivity index (χ2v) is 2.67. The first kappa shape index (κ1) is 8.35. The molecule has 2 heterocycles. The number of nitrogens with zero attached hydrogens (tertiary/aromatic N) is 3. The number of carbonyl (C=O) groups is 2. The van der Waals surface area contributed by atoms with Crippen molar-refractivity contribution in [2.75, 3.05) is 5.32 Å². The molecule has 1 amide bonds. The molecule has 8 heteroatoms. The molecule has 0 saturated carbocycles. The lowest BCUT2D eigenvalue weighted by Crippen LogP contribution is -2.29. The van der Waals surface area contributed by atoms with Crippen LogP contribution in [0.15, 0.2) is 6.20 Å². The lowest BCUT2D eigenvalue weighted by atomic mass is 10.3. The third kappa shape index (κ3) is 1.04. The highest BCUT2D eigenvalue weighted by Gasteiger charge is 2.30. The van der Waals surface area contributed by atoms with Crippen LogP contribution < -0.4 is 5.32 Å². The molecule has 0 aromatic carbocycles. The number of hydrogen-bond acceptors (Lipinski definition) is 5. The van der Waals surface area contributed by atoms with Crippen LogP contribution in [0.4, 0.5) is 11.5 Å². The highest BCUT2D eigenvalue weighted by Crippen LogP contribution is 2.26. The molecule has 72 valence electrons. The summed E-state index contributed by atoms with van der Waals surface area (Å²) in [5.74, 6) is -1.31. The molecule has 0 spiro atoms. The number of aromatic nitrogens is 2. The van der Waals surface area contributed by atoms with E-state index in [1.165, 1.54) is 0 Å². The summed E-state index contributed by atoms with van der Waals surface area (Å²) in [5, 5.41) is 16.2. The van der Waals surface area contributed by atoms with Gasteiger partial charge in [-0.25, -0.2) is 0 Å². The van der Waals surface area contributed by atoms with Gasteiger partial charge in [0.15, 0.2) is 0 Å². The number of anilines is 1. The van der Waals surface area contributed by atoms with Crippen molar-refractivity contribution in [1.29, 1.82) is 0 Å².